The molecule has 1 rings (SSSR count). The molecular formula is C11H23NO3S. The van der Waals surface area contributed by atoms with E-state index in [1.54, 1.807) is 6.92 Å². The lowest BCUT2D eigenvalue weighted by atomic mass is 9.93. The van der Waals surface area contributed by atoms with E-state index < -0.39 is 9.84 Å². The smallest absolute Gasteiger partial charge is 0.151 e. The van der Waals surface area contributed by atoms with Crippen molar-refractivity contribution in [1.29, 1.82) is 0 Å². The van der Waals surface area contributed by atoms with Gasteiger partial charge in [-0.05, 0) is 32.6 Å². The van der Waals surface area contributed by atoms with Crippen molar-refractivity contribution in [2.24, 2.45) is 0 Å². The van der Waals surface area contributed by atoms with E-state index in [9.17, 15) is 13.5 Å². The van der Waals surface area contributed by atoms with Gasteiger partial charge in [0, 0.05) is 17.8 Å². The van der Waals surface area contributed by atoms with E-state index >= 15 is 0 Å². The average Bonchev–Trinajstić information content (AvgIpc) is 2.21. The van der Waals surface area contributed by atoms with Gasteiger partial charge in [0.1, 0.15) is 0 Å². The quantitative estimate of drug-likeness (QED) is 0.753. The Balaban J connectivity index is 2.32. The monoisotopic (exact) mass is 249 g/mol. The maximum atomic E-state index is 11.4. The van der Waals surface area contributed by atoms with Crippen LogP contribution in [0.4, 0.5) is 0 Å². The topological polar surface area (TPSA) is 66.4 Å². The molecule has 96 valence electrons. The highest BCUT2D eigenvalue weighted by molar-refractivity contribution is 7.91. The number of aliphatic hydroxyl groups excluding tert-OH is 1. The van der Waals surface area contributed by atoms with Gasteiger partial charge in [-0.1, -0.05) is 6.92 Å². The molecule has 0 amide bonds. The summed E-state index contributed by atoms with van der Waals surface area (Å²) in [5.41, 5.74) is 0. The molecule has 0 heterocycles. The van der Waals surface area contributed by atoms with Gasteiger partial charge < -0.3 is 10.4 Å². The first kappa shape index (κ1) is 13.9. The Hall–Kier alpha value is -0.130. The van der Waals surface area contributed by atoms with E-state index in [0.29, 0.717) is 6.04 Å². The van der Waals surface area contributed by atoms with E-state index in [4.69, 9.17) is 0 Å². The Kier molecular flexibility index (Phi) is 5.21. The van der Waals surface area contributed by atoms with Crippen LogP contribution in [0.1, 0.15) is 39.5 Å². The molecule has 0 aromatic rings. The summed E-state index contributed by atoms with van der Waals surface area (Å²) < 4.78 is 22.8. The third-order valence-corrected chi connectivity index (χ3v) is 5.05. The van der Waals surface area contributed by atoms with Crippen LogP contribution in [0.25, 0.3) is 0 Å². The minimum absolute atomic E-state index is 0.00481. The molecule has 0 saturated heterocycles. The van der Waals surface area contributed by atoms with Crippen molar-refractivity contribution >= 4 is 9.84 Å². The first-order valence-corrected chi connectivity index (χ1v) is 7.89. The molecule has 1 fully saturated rings. The number of hydrogen-bond acceptors (Lipinski definition) is 4. The zero-order chi connectivity index (χ0) is 12.2. The number of aliphatic hydroxyl groups is 1. The summed E-state index contributed by atoms with van der Waals surface area (Å²) in [6, 6.07) is 0.371. The van der Waals surface area contributed by atoms with Crippen molar-refractivity contribution in [2.45, 2.75) is 57.7 Å². The summed E-state index contributed by atoms with van der Waals surface area (Å²) in [4.78, 5) is 0. The predicted octanol–water partition coefficient (Wildman–Crippen LogP) is 0.703. The molecule has 16 heavy (non-hydrogen) atoms. The Bertz CT molecular complexity index is 294. The van der Waals surface area contributed by atoms with Gasteiger partial charge in [0.25, 0.3) is 0 Å². The minimum Gasteiger partial charge on any atom is -0.393 e. The fraction of sp³-hybridized carbons (Fsp3) is 1.00. The number of nitrogens with one attached hydrogen (secondary N) is 1. The van der Waals surface area contributed by atoms with E-state index in [2.05, 4.69) is 5.32 Å². The summed E-state index contributed by atoms with van der Waals surface area (Å²) >= 11 is 0. The third kappa shape index (κ3) is 4.80. The molecular weight excluding hydrogens is 226 g/mol. The van der Waals surface area contributed by atoms with Crippen molar-refractivity contribution in [3.8, 4) is 0 Å². The van der Waals surface area contributed by atoms with Gasteiger partial charge >= 0.3 is 0 Å². The van der Waals surface area contributed by atoms with Crippen LogP contribution in [0.5, 0.6) is 0 Å². The molecule has 1 aliphatic carbocycles. The number of rotatable bonds is 5. The van der Waals surface area contributed by atoms with Gasteiger partial charge in [-0.3, -0.25) is 0 Å². The van der Waals surface area contributed by atoms with E-state index in [1.165, 1.54) is 0 Å². The molecule has 1 unspecified atom stereocenters. The van der Waals surface area contributed by atoms with Crippen LogP contribution >= 0.6 is 0 Å². The highest BCUT2D eigenvalue weighted by Gasteiger charge is 2.22. The maximum Gasteiger partial charge on any atom is 0.151 e. The van der Waals surface area contributed by atoms with Crippen molar-refractivity contribution in [3.05, 3.63) is 0 Å². The second kappa shape index (κ2) is 5.98. The van der Waals surface area contributed by atoms with Crippen LogP contribution in [0.2, 0.25) is 0 Å². The standard InChI is InChI=1S/C11H23NO3S/c1-3-16(14,15)8-9(2)12-10-4-6-11(13)7-5-10/h9-13H,3-8H2,1-2H3. The van der Waals surface area contributed by atoms with Gasteiger partial charge in [0.05, 0.1) is 11.9 Å². The molecule has 1 atom stereocenters. The molecule has 0 aromatic carbocycles. The molecule has 2 N–H and O–H groups in total. The van der Waals surface area contributed by atoms with E-state index in [1.807, 2.05) is 6.92 Å². The second-order valence-corrected chi connectivity index (χ2v) is 7.17. The van der Waals surface area contributed by atoms with E-state index in [-0.39, 0.29) is 23.7 Å². The van der Waals surface area contributed by atoms with Gasteiger partial charge in [-0.2, -0.15) is 0 Å². The zero-order valence-electron chi connectivity index (χ0n) is 10.1. The lowest BCUT2D eigenvalue weighted by Crippen LogP contribution is -2.43. The summed E-state index contributed by atoms with van der Waals surface area (Å²) in [5, 5.41) is 12.7. The Labute approximate surface area is 98.4 Å². The lowest BCUT2D eigenvalue weighted by Gasteiger charge is -2.28. The van der Waals surface area contributed by atoms with Gasteiger partial charge in [0.2, 0.25) is 0 Å². The first-order chi connectivity index (χ1) is 7.43. The molecule has 0 spiro atoms. The molecule has 0 radical (unpaired) electrons. The minimum atomic E-state index is -2.89. The van der Waals surface area contributed by atoms with Crippen LogP contribution in [-0.4, -0.2) is 43.2 Å². The summed E-state index contributed by atoms with van der Waals surface area (Å²) in [6.45, 7) is 3.59. The van der Waals surface area contributed by atoms with Crippen LogP contribution in [0.3, 0.4) is 0 Å². The molecule has 1 saturated carbocycles. The lowest BCUT2D eigenvalue weighted by molar-refractivity contribution is 0.115. The predicted molar refractivity (Wildman–Crippen MR) is 65.2 cm³/mol. The Morgan fingerprint density at radius 1 is 1.31 bits per heavy atom. The van der Waals surface area contributed by atoms with Gasteiger partial charge in [0.15, 0.2) is 9.84 Å². The number of hydrogen-bond donors (Lipinski definition) is 2. The largest absolute Gasteiger partial charge is 0.393 e. The molecule has 0 bridgehead atoms. The Morgan fingerprint density at radius 2 is 1.88 bits per heavy atom. The third-order valence-electron chi connectivity index (χ3n) is 3.16. The second-order valence-electron chi connectivity index (χ2n) is 4.77. The highest BCUT2D eigenvalue weighted by Crippen LogP contribution is 2.18. The fourth-order valence-corrected chi connectivity index (χ4v) is 3.29. The average molecular weight is 249 g/mol. The van der Waals surface area contributed by atoms with Crippen molar-refractivity contribution in [3.63, 3.8) is 0 Å². The van der Waals surface area contributed by atoms with Crippen LogP contribution in [-0.2, 0) is 9.84 Å². The van der Waals surface area contributed by atoms with Crippen molar-refractivity contribution in [1.82, 2.24) is 5.32 Å². The molecule has 0 aliphatic heterocycles. The molecule has 1 aliphatic rings. The van der Waals surface area contributed by atoms with E-state index in [0.717, 1.165) is 25.7 Å². The summed E-state index contributed by atoms with van der Waals surface area (Å²) in [6.07, 6.45) is 3.37. The zero-order valence-corrected chi connectivity index (χ0v) is 11.0. The molecule has 0 aromatic heterocycles. The van der Waals surface area contributed by atoms with Crippen molar-refractivity contribution in [2.75, 3.05) is 11.5 Å². The highest BCUT2D eigenvalue weighted by atomic mass is 32.2. The molecule has 4 nitrogen and oxygen atoms in total. The SMILES string of the molecule is CCS(=O)(=O)CC(C)NC1CCC(O)CC1. The Morgan fingerprint density at radius 3 is 2.38 bits per heavy atom. The maximum absolute atomic E-state index is 11.4. The molecule has 5 heteroatoms. The van der Waals surface area contributed by atoms with Crippen LogP contribution in [0, 0.1) is 0 Å². The summed E-state index contributed by atoms with van der Waals surface area (Å²) in [5.74, 6) is 0.422. The normalized spacial score (nSPS) is 28.9. The van der Waals surface area contributed by atoms with Gasteiger partial charge in [-0.25, -0.2) is 8.42 Å². The number of sulfone groups is 1. The van der Waals surface area contributed by atoms with Crippen molar-refractivity contribution < 1.29 is 13.5 Å². The fourth-order valence-electron chi connectivity index (χ4n) is 2.19. The van der Waals surface area contributed by atoms with Crippen LogP contribution in [0.15, 0.2) is 0 Å². The first-order valence-electron chi connectivity index (χ1n) is 6.07. The van der Waals surface area contributed by atoms with Crippen LogP contribution < -0.4 is 5.32 Å². The summed E-state index contributed by atoms with van der Waals surface area (Å²) in [7, 11) is -2.89. The van der Waals surface area contributed by atoms with Gasteiger partial charge in [-0.15, -0.1) is 0 Å².